The lowest BCUT2D eigenvalue weighted by Crippen LogP contribution is -2.57. The average molecular weight is 767 g/mol. The summed E-state index contributed by atoms with van der Waals surface area (Å²) in [7, 11) is 0. The van der Waals surface area contributed by atoms with E-state index in [4.69, 9.17) is 5.73 Å². The number of alkyl halides is 3. The molecule has 2 aliphatic heterocycles. The number of piperazine rings is 1. The number of pyridine rings is 2. The first-order chi connectivity index (χ1) is 24.5. The highest BCUT2D eigenvalue weighted by molar-refractivity contribution is 9.10. The maximum Gasteiger partial charge on any atom is 0.418 e. The Balaban J connectivity index is 1.08. The van der Waals surface area contributed by atoms with Gasteiger partial charge in [-0.1, -0.05) is 18.2 Å². The number of rotatable bonds is 6. The quantitative estimate of drug-likeness (QED) is 0.208. The Morgan fingerprint density at radius 2 is 1.71 bits per heavy atom. The summed E-state index contributed by atoms with van der Waals surface area (Å²) < 4.78 is 43.3. The fourth-order valence-corrected chi connectivity index (χ4v) is 7.58. The number of carbonyl (C=O) groups is 2. The molecule has 2 aromatic carbocycles. The zero-order chi connectivity index (χ0) is 35.9. The molecule has 0 bridgehead atoms. The summed E-state index contributed by atoms with van der Waals surface area (Å²) >= 11 is 3.13. The monoisotopic (exact) mass is 765 g/mol. The van der Waals surface area contributed by atoms with E-state index < -0.39 is 29.5 Å². The molecule has 7 rings (SSSR count). The van der Waals surface area contributed by atoms with Gasteiger partial charge in [-0.3, -0.25) is 19.3 Å². The van der Waals surface area contributed by atoms with Crippen LogP contribution in [-0.4, -0.2) is 86.6 Å². The van der Waals surface area contributed by atoms with Gasteiger partial charge < -0.3 is 30.7 Å². The molecule has 0 aliphatic carbocycles. The Bertz CT molecular complexity index is 2140. The first-order valence-electron chi connectivity index (χ1n) is 16.6. The third-order valence-corrected chi connectivity index (χ3v) is 10.4. The molecule has 0 saturated carbocycles. The van der Waals surface area contributed by atoms with Gasteiger partial charge in [0.05, 0.1) is 34.0 Å². The number of aromatic amines is 1. The van der Waals surface area contributed by atoms with E-state index in [1.54, 1.807) is 33.0 Å². The lowest BCUT2D eigenvalue weighted by molar-refractivity contribution is -0.137. The summed E-state index contributed by atoms with van der Waals surface area (Å²) in [5.74, 6) is -0.390. The Labute approximate surface area is 298 Å². The molecule has 0 spiro atoms. The maximum atomic E-state index is 14.0. The fraction of sp³-hybridized carbons (Fsp3) is 0.343. The molecule has 2 saturated heterocycles. The SMILES string of the molecule is Nc1c(Br)cc(C[C@@H](NC(=O)N2CCC(n3c(=O)[nH]c4c5ccccc5ncc43)CC2)C(=O)N2CCN(c3ccncc3)CC2)cc1C(F)(F)F. The van der Waals surface area contributed by atoms with Gasteiger partial charge in [-0.15, -0.1) is 0 Å². The van der Waals surface area contributed by atoms with Crippen LogP contribution in [0.4, 0.5) is 29.3 Å². The third-order valence-electron chi connectivity index (χ3n) is 9.73. The van der Waals surface area contributed by atoms with Crippen LogP contribution in [0.2, 0.25) is 0 Å². The molecule has 2 aliphatic rings. The van der Waals surface area contributed by atoms with E-state index in [0.717, 1.165) is 22.7 Å². The van der Waals surface area contributed by atoms with Crippen molar-refractivity contribution in [2.45, 2.75) is 37.5 Å². The Kier molecular flexibility index (Phi) is 9.35. The number of fused-ring (bicyclic) bond motifs is 3. The van der Waals surface area contributed by atoms with E-state index in [2.05, 4.69) is 41.1 Å². The van der Waals surface area contributed by atoms with Crippen LogP contribution < -0.4 is 21.6 Å². The molecule has 4 N–H and O–H groups in total. The number of nitrogens with two attached hydrogens (primary N) is 1. The molecule has 12 nitrogen and oxygen atoms in total. The van der Waals surface area contributed by atoms with E-state index in [0.29, 0.717) is 63.1 Å². The Morgan fingerprint density at radius 3 is 2.41 bits per heavy atom. The summed E-state index contributed by atoms with van der Waals surface area (Å²) in [5, 5.41) is 3.68. The number of urea groups is 1. The van der Waals surface area contributed by atoms with Gasteiger partial charge in [-0.05, 0) is 64.7 Å². The number of para-hydroxylation sites is 1. The predicted octanol–water partition coefficient (Wildman–Crippen LogP) is 4.94. The van der Waals surface area contributed by atoms with E-state index in [1.165, 1.54) is 6.07 Å². The van der Waals surface area contributed by atoms with Crippen LogP contribution in [0.15, 0.2) is 76.4 Å². The van der Waals surface area contributed by atoms with Crippen molar-refractivity contribution in [3.8, 4) is 0 Å². The van der Waals surface area contributed by atoms with Crippen molar-refractivity contribution < 1.29 is 22.8 Å². The van der Waals surface area contributed by atoms with Gasteiger partial charge in [0, 0.05) is 79.7 Å². The van der Waals surface area contributed by atoms with Gasteiger partial charge in [0.15, 0.2) is 0 Å². The molecule has 16 heteroatoms. The van der Waals surface area contributed by atoms with Crippen molar-refractivity contribution in [2.75, 3.05) is 49.9 Å². The minimum absolute atomic E-state index is 0.0496. The van der Waals surface area contributed by atoms with Gasteiger partial charge in [0.2, 0.25) is 5.91 Å². The van der Waals surface area contributed by atoms with Gasteiger partial charge >= 0.3 is 17.9 Å². The van der Waals surface area contributed by atoms with Crippen molar-refractivity contribution in [2.24, 2.45) is 0 Å². The van der Waals surface area contributed by atoms with E-state index in [1.807, 2.05) is 36.4 Å². The highest BCUT2D eigenvalue weighted by Crippen LogP contribution is 2.38. The number of carbonyl (C=O) groups excluding carboxylic acids is 2. The maximum absolute atomic E-state index is 14.0. The minimum Gasteiger partial charge on any atom is -0.397 e. The standard InChI is InChI=1S/C35H35BrF3N9O3/c36-26-18-21(17-25(30(26)40)35(37,38)39)19-28(32(49)46-15-13-45(14-16-46)22-5-9-41-10-6-22)43-33(50)47-11-7-23(8-12-47)48-29-20-42-27-4-2-1-3-24(27)31(29)44-34(48)51/h1-6,9-10,17-18,20,23,28H,7-8,11-16,19,40H2,(H,43,50)(H,44,51)/t28-/m1/s1. The number of piperidine rings is 1. The highest BCUT2D eigenvalue weighted by atomic mass is 79.9. The zero-order valence-electron chi connectivity index (χ0n) is 27.4. The number of hydrogen-bond donors (Lipinski definition) is 3. The third kappa shape index (κ3) is 6.96. The molecule has 3 aromatic heterocycles. The number of imidazole rings is 1. The summed E-state index contributed by atoms with van der Waals surface area (Å²) in [6.45, 7) is 2.40. The Hall–Kier alpha value is -5.12. The Morgan fingerprint density at radius 1 is 1.00 bits per heavy atom. The molecule has 2 fully saturated rings. The van der Waals surface area contributed by atoms with Crippen LogP contribution in [0, 0.1) is 0 Å². The van der Waals surface area contributed by atoms with Crippen molar-refractivity contribution >= 4 is 61.2 Å². The van der Waals surface area contributed by atoms with Crippen LogP contribution in [0.1, 0.15) is 30.0 Å². The molecule has 1 atom stereocenters. The molecule has 0 unspecified atom stereocenters. The highest BCUT2D eigenvalue weighted by Gasteiger charge is 2.36. The molecule has 0 radical (unpaired) electrons. The van der Waals surface area contributed by atoms with Crippen LogP contribution >= 0.6 is 15.9 Å². The number of halogens is 4. The lowest BCUT2D eigenvalue weighted by Gasteiger charge is -2.38. The van der Waals surface area contributed by atoms with Crippen molar-refractivity contribution in [1.29, 1.82) is 0 Å². The van der Waals surface area contributed by atoms with E-state index >= 15 is 0 Å². The van der Waals surface area contributed by atoms with Gasteiger partial charge in [0.25, 0.3) is 0 Å². The first kappa shape index (κ1) is 34.3. The second-order valence-electron chi connectivity index (χ2n) is 12.8. The summed E-state index contributed by atoms with van der Waals surface area (Å²) in [4.78, 5) is 57.7. The largest absolute Gasteiger partial charge is 0.418 e. The second-order valence-corrected chi connectivity index (χ2v) is 13.7. The van der Waals surface area contributed by atoms with Crippen LogP contribution in [0.3, 0.4) is 0 Å². The lowest BCUT2D eigenvalue weighted by atomic mass is 10.0. The van der Waals surface area contributed by atoms with E-state index in [-0.39, 0.29) is 34.1 Å². The number of nitrogens with zero attached hydrogens (tertiary/aromatic N) is 6. The molecule has 5 aromatic rings. The summed E-state index contributed by atoms with van der Waals surface area (Å²) in [6.07, 6.45) is 1.12. The van der Waals surface area contributed by atoms with Crippen molar-refractivity contribution in [3.63, 3.8) is 0 Å². The number of H-pyrrole nitrogens is 1. The number of benzene rings is 2. The van der Waals surface area contributed by atoms with Crippen LogP contribution in [0.25, 0.3) is 21.9 Å². The molecule has 3 amide bonds. The minimum atomic E-state index is -4.71. The normalized spacial score (nSPS) is 16.5. The smallest absolute Gasteiger partial charge is 0.397 e. The summed E-state index contributed by atoms with van der Waals surface area (Å²) in [6, 6.07) is 11.8. The predicted molar refractivity (Wildman–Crippen MR) is 190 cm³/mol. The van der Waals surface area contributed by atoms with Gasteiger partial charge in [0.1, 0.15) is 6.04 Å². The van der Waals surface area contributed by atoms with Gasteiger partial charge in [-0.2, -0.15) is 13.2 Å². The molecular formula is C35H35BrF3N9O3. The second kappa shape index (κ2) is 13.9. The van der Waals surface area contributed by atoms with Crippen molar-refractivity contribution in [3.05, 3.63) is 93.2 Å². The molecule has 266 valence electrons. The topological polar surface area (TPSA) is 145 Å². The number of nitrogens with one attached hydrogen (secondary N) is 2. The van der Waals surface area contributed by atoms with Gasteiger partial charge in [-0.25, -0.2) is 9.59 Å². The number of aromatic nitrogens is 4. The molecule has 51 heavy (non-hydrogen) atoms. The first-order valence-corrected chi connectivity index (χ1v) is 17.4. The zero-order valence-corrected chi connectivity index (χ0v) is 29.0. The number of likely N-dealkylation sites (tertiary alicyclic amines) is 1. The van der Waals surface area contributed by atoms with E-state index in [9.17, 15) is 27.6 Å². The van der Waals surface area contributed by atoms with Crippen LogP contribution in [-0.2, 0) is 17.4 Å². The van der Waals surface area contributed by atoms with Crippen molar-refractivity contribution in [1.82, 2.24) is 34.6 Å². The van der Waals surface area contributed by atoms with Crippen LogP contribution in [0.5, 0.6) is 0 Å². The number of hydrogen-bond acceptors (Lipinski definition) is 7. The fourth-order valence-electron chi connectivity index (χ4n) is 7.07. The molecular weight excluding hydrogens is 731 g/mol. The average Bonchev–Trinajstić information content (AvgIpc) is 3.48. The number of amides is 3. The number of anilines is 2. The number of nitrogen functional groups attached to an aromatic ring is 1. The summed E-state index contributed by atoms with van der Waals surface area (Å²) in [5.41, 5.74) is 7.33. The molecule has 5 heterocycles.